The van der Waals surface area contributed by atoms with Gasteiger partial charge < -0.3 is 5.11 Å². The van der Waals surface area contributed by atoms with E-state index in [0.29, 0.717) is 6.42 Å². The summed E-state index contributed by atoms with van der Waals surface area (Å²) in [5.74, 6) is -1.86. The van der Waals surface area contributed by atoms with Crippen LogP contribution in [0, 0.1) is 0 Å². The molecule has 1 aromatic rings. The van der Waals surface area contributed by atoms with Gasteiger partial charge in [0, 0.05) is 5.92 Å². The molecule has 0 spiro atoms. The van der Waals surface area contributed by atoms with Crippen molar-refractivity contribution in [3.63, 3.8) is 0 Å². The number of halogens is 1. The van der Waals surface area contributed by atoms with Crippen molar-refractivity contribution in [1.82, 2.24) is 0 Å². The first-order valence-electron chi connectivity index (χ1n) is 5.90. The van der Waals surface area contributed by atoms with Crippen LogP contribution in [0.3, 0.4) is 0 Å². The zero-order chi connectivity index (χ0) is 12.6. The minimum atomic E-state index is -1.80. The van der Waals surface area contributed by atoms with Crippen LogP contribution in [-0.2, 0) is 10.2 Å². The lowest BCUT2D eigenvalue weighted by Crippen LogP contribution is -2.32. The Balaban J connectivity index is 2.45. The first kappa shape index (κ1) is 12.1. The third-order valence-corrected chi connectivity index (χ3v) is 3.76. The Hall–Kier alpha value is -1.38. The highest BCUT2D eigenvalue weighted by Crippen LogP contribution is 2.44. The molecule has 2 atom stereocenters. The molecule has 2 unspecified atom stereocenters. The summed E-state index contributed by atoms with van der Waals surface area (Å²) >= 11 is 0. The first-order chi connectivity index (χ1) is 7.93. The molecule has 1 aromatic carbocycles. The van der Waals surface area contributed by atoms with E-state index >= 15 is 0 Å². The lowest BCUT2D eigenvalue weighted by molar-refractivity contribution is -0.143. The summed E-state index contributed by atoms with van der Waals surface area (Å²) in [5, 5.41) is 8.81. The highest BCUT2D eigenvalue weighted by molar-refractivity contribution is 5.74. The SMILES string of the molecule is CC1(C)CCC(C(F)C(=O)O)c2ccccc21. The molecule has 0 aromatic heterocycles. The van der Waals surface area contributed by atoms with E-state index in [2.05, 4.69) is 13.8 Å². The maximum atomic E-state index is 13.7. The van der Waals surface area contributed by atoms with Gasteiger partial charge in [-0.3, -0.25) is 0 Å². The number of aliphatic carboxylic acids is 1. The molecule has 3 heteroatoms. The van der Waals surface area contributed by atoms with Crippen molar-refractivity contribution >= 4 is 5.97 Å². The highest BCUT2D eigenvalue weighted by atomic mass is 19.1. The Morgan fingerprint density at radius 3 is 2.76 bits per heavy atom. The monoisotopic (exact) mass is 236 g/mol. The summed E-state index contributed by atoms with van der Waals surface area (Å²) in [6.45, 7) is 4.24. The molecule has 1 N–H and O–H groups in total. The molecule has 17 heavy (non-hydrogen) atoms. The van der Waals surface area contributed by atoms with Gasteiger partial charge in [0.2, 0.25) is 6.17 Å². The quantitative estimate of drug-likeness (QED) is 0.855. The third kappa shape index (κ3) is 2.06. The number of hydrogen-bond acceptors (Lipinski definition) is 1. The number of rotatable bonds is 2. The maximum absolute atomic E-state index is 13.7. The number of alkyl halides is 1. The normalized spacial score (nSPS) is 23.8. The van der Waals surface area contributed by atoms with Crippen LogP contribution in [0.15, 0.2) is 24.3 Å². The van der Waals surface area contributed by atoms with E-state index in [1.165, 1.54) is 0 Å². The number of carboxylic acid groups (broad SMARTS) is 1. The zero-order valence-electron chi connectivity index (χ0n) is 10.1. The molecule has 1 aliphatic rings. The zero-order valence-corrected chi connectivity index (χ0v) is 10.1. The summed E-state index contributed by atoms with van der Waals surface area (Å²) in [5.41, 5.74) is 1.95. The van der Waals surface area contributed by atoms with Crippen LogP contribution in [0.4, 0.5) is 4.39 Å². The molecule has 0 aliphatic heterocycles. The fourth-order valence-corrected chi connectivity index (χ4v) is 2.72. The predicted octanol–water partition coefficient (Wildman–Crippen LogP) is 3.26. The number of carboxylic acids is 1. The minimum Gasteiger partial charge on any atom is -0.479 e. The smallest absolute Gasteiger partial charge is 0.338 e. The molecule has 0 radical (unpaired) electrons. The lowest BCUT2D eigenvalue weighted by Gasteiger charge is -2.37. The average Bonchev–Trinajstić information content (AvgIpc) is 2.28. The van der Waals surface area contributed by atoms with Gasteiger partial charge in [0.05, 0.1) is 0 Å². The molecular weight excluding hydrogens is 219 g/mol. The summed E-state index contributed by atoms with van der Waals surface area (Å²) < 4.78 is 13.7. The van der Waals surface area contributed by atoms with E-state index in [0.717, 1.165) is 17.5 Å². The molecule has 0 bridgehead atoms. The van der Waals surface area contributed by atoms with Gasteiger partial charge in [-0.1, -0.05) is 38.1 Å². The van der Waals surface area contributed by atoms with Crippen LogP contribution in [-0.4, -0.2) is 17.2 Å². The van der Waals surface area contributed by atoms with Crippen molar-refractivity contribution in [3.8, 4) is 0 Å². The topological polar surface area (TPSA) is 37.3 Å². The first-order valence-corrected chi connectivity index (χ1v) is 5.90. The van der Waals surface area contributed by atoms with Crippen molar-refractivity contribution in [3.05, 3.63) is 35.4 Å². The van der Waals surface area contributed by atoms with E-state index in [1.807, 2.05) is 24.3 Å². The van der Waals surface area contributed by atoms with Crippen molar-refractivity contribution in [2.75, 3.05) is 0 Å². The Kier molecular flexibility index (Phi) is 2.94. The van der Waals surface area contributed by atoms with Crippen LogP contribution in [0.1, 0.15) is 43.7 Å². The minimum absolute atomic E-state index is 0.00527. The molecule has 0 heterocycles. The van der Waals surface area contributed by atoms with Crippen LogP contribution in [0.5, 0.6) is 0 Å². The molecule has 0 saturated heterocycles. The molecule has 2 nitrogen and oxygen atoms in total. The second kappa shape index (κ2) is 4.13. The van der Waals surface area contributed by atoms with Crippen molar-refractivity contribution in [1.29, 1.82) is 0 Å². The predicted molar refractivity (Wildman–Crippen MR) is 64.0 cm³/mol. The number of hydrogen-bond donors (Lipinski definition) is 1. The Morgan fingerprint density at radius 1 is 1.47 bits per heavy atom. The largest absolute Gasteiger partial charge is 0.479 e. The molecule has 0 fully saturated rings. The molecule has 92 valence electrons. The van der Waals surface area contributed by atoms with E-state index in [1.54, 1.807) is 0 Å². The summed E-state index contributed by atoms with van der Waals surface area (Å²) in [6.07, 6.45) is -0.382. The van der Waals surface area contributed by atoms with Crippen molar-refractivity contribution < 1.29 is 14.3 Å². The fraction of sp³-hybridized carbons (Fsp3) is 0.500. The number of carbonyl (C=O) groups is 1. The van der Waals surface area contributed by atoms with Gasteiger partial charge in [-0.05, 0) is 29.4 Å². The standard InChI is InChI=1S/C14H17FO2/c1-14(2)8-7-10(12(15)13(16)17)9-5-3-4-6-11(9)14/h3-6,10,12H,7-8H2,1-2H3,(H,16,17). The van der Waals surface area contributed by atoms with E-state index in [9.17, 15) is 9.18 Å². The van der Waals surface area contributed by atoms with Gasteiger partial charge in [0.15, 0.2) is 0 Å². The number of fused-ring (bicyclic) bond motifs is 1. The van der Waals surface area contributed by atoms with Gasteiger partial charge in [0.25, 0.3) is 0 Å². The lowest BCUT2D eigenvalue weighted by atomic mass is 9.68. The second-order valence-corrected chi connectivity index (χ2v) is 5.36. The van der Waals surface area contributed by atoms with Gasteiger partial charge in [-0.2, -0.15) is 0 Å². The van der Waals surface area contributed by atoms with E-state index in [4.69, 9.17) is 5.11 Å². The Bertz CT molecular complexity index is 440. The highest BCUT2D eigenvalue weighted by Gasteiger charge is 2.38. The Labute approximate surface area is 100 Å². The Morgan fingerprint density at radius 2 is 2.12 bits per heavy atom. The molecule has 1 aliphatic carbocycles. The summed E-state index contributed by atoms with van der Waals surface area (Å²) in [7, 11) is 0. The van der Waals surface area contributed by atoms with Gasteiger partial charge in [-0.15, -0.1) is 0 Å². The number of benzene rings is 1. The molecule has 2 rings (SSSR count). The molecular formula is C14H17FO2. The summed E-state index contributed by atoms with van der Waals surface area (Å²) in [4.78, 5) is 10.8. The molecule has 0 saturated carbocycles. The van der Waals surface area contributed by atoms with Crippen LogP contribution < -0.4 is 0 Å². The van der Waals surface area contributed by atoms with E-state index in [-0.39, 0.29) is 5.41 Å². The van der Waals surface area contributed by atoms with Gasteiger partial charge >= 0.3 is 5.97 Å². The maximum Gasteiger partial charge on any atom is 0.338 e. The second-order valence-electron chi connectivity index (χ2n) is 5.36. The van der Waals surface area contributed by atoms with Crippen LogP contribution in [0.2, 0.25) is 0 Å². The van der Waals surface area contributed by atoms with Crippen LogP contribution >= 0.6 is 0 Å². The third-order valence-electron chi connectivity index (χ3n) is 3.76. The van der Waals surface area contributed by atoms with E-state index < -0.39 is 18.1 Å². The fourth-order valence-electron chi connectivity index (χ4n) is 2.72. The van der Waals surface area contributed by atoms with Crippen molar-refractivity contribution in [2.24, 2.45) is 0 Å². The van der Waals surface area contributed by atoms with Crippen LogP contribution in [0.25, 0.3) is 0 Å². The van der Waals surface area contributed by atoms with Crippen molar-refractivity contribution in [2.45, 2.75) is 44.2 Å². The van der Waals surface area contributed by atoms with Gasteiger partial charge in [0.1, 0.15) is 0 Å². The summed E-state index contributed by atoms with van der Waals surface area (Å²) in [6, 6.07) is 7.62. The van der Waals surface area contributed by atoms with Gasteiger partial charge in [-0.25, -0.2) is 9.18 Å². The average molecular weight is 236 g/mol. The molecule has 0 amide bonds.